The van der Waals surface area contributed by atoms with E-state index in [9.17, 15) is 19.2 Å². The highest BCUT2D eigenvalue weighted by Gasteiger charge is 2.11. The Labute approximate surface area is 264 Å². The molecule has 5 aromatic carbocycles. The third-order valence-electron chi connectivity index (χ3n) is 6.64. The van der Waals surface area contributed by atoms with Gasteiger partial charge < -0.3 is 29.6 Å². The van der Waals surface area contributed by atoms with Crippen molar-refractivity contribution in [1.29, 1.82) is 0 Å². The summed E-state index contributed by atoms with van der Waals surface area (Å²) in [6.45, 7) is 0. The van der Waals surface area contributed by atoms with Crippen LogP contribution in [0.1, 0.15) is 41.4 Å². The van der Waals surface area contributed by atoms with Gasteiger partial charge in [0, 0.05) is 28.6 Å². The number of esters is 2. The molecule has 0 radical (unpaired) electrons. The summed E-state index contributed by atoms with van der Waals surface area (Å²) in [4.78, 5) is 48.4. The Morgan fingerprint density at radius 2 is 0.783 bits per heavy atom. The van der Waals surface area contributed by atoms with Gasteiger partial charge >= 0.3 is 11.9 Å². The van der Waals surface area contributed by atoms with Crippen molar-refractivity contribution in [3.8, 4) is 23.0 Å². The highest BCUT2D eigenvalue weighted by Crippen LogP contribution is 2.29. The number of anilines is 2. The number of nitrogens with one attached hydrogen (secondary N) is 2. The van der Waals surface area contributed by atoms with Crippen LogP contribution in [0.3, 0.4) is 0 Å². The van der Waals surface area contributed by atoms with E-state index in [1.54, 1.807) is 97.1 Å². The SMILES string of the molecule is COC(=O)c1ccc(C(=O)Nc2ccc(Oc3cccc(Oc4ccc(NC(=O)c5ccc(C(=O)OC)cc5)cc4)c3)cc2)cc1. The highest BCUT2D eigenvalue weighted by atomic mass is 16.5. The van der Waals surface area contributed by atoms with E-state index in [2.05, 4.69) is 20.1 Å². The standard InChI is InChI=1S/C36H28N2O8/c1-43-35(41)25-10-6-23(7-11-25)33(39)37-27-14-18-29(19-15-27)45-31-4-3-5-32(22-31)46-30-20-16-28(17-21-30)38-34(40)24-8-12-26(13-9-24)36(42)44-2/h3-22H,1-2H3,(H,37,39)(H,38,40). The molecule has 0 aliphatic rings. The molecule has 0 aromatic heterocycles. The van der Waals surface area contributed by atoms with Gasteiger partial charge in [-0.25, -0.2) is 9.59 Å². The van der Waals surface area contributed by atoms with Crippen molar-refractivity contribution >= 4 is 35.1 Å². The Morgan fingerprint density at radius 3 is 1.13 bits per heavy atom. The maximum absolute atomic E-state index is 12.6. The molecular formula is C36H28N2O8. The second-order valence-corrected chi connectivity index (χ2v) is 9.77. The first-order valence-corrected chi connectivity index (χ1v) is 14.0. The average molecular weight is 617 g/mol. The molecule has 2 amide bonds. The largest absolute Gasteiger partial charge is 0.465 e. The van der Waals surface area contributed by atoms with Gasteiger partial charge in [-0.3, -0.25) is 9.59 Å². The van der Waals surface area contributed by atoms with Crippen LogP contribution in [0.2, 0.25) is 0 Å². The van der Waals surface area contributed by atoms with E-state index in [0.29, 0.717) is 56.6 Å². The molecule has 5 rings (SSSR count). The number of hydrogen-bond donors (Lipinski definition) is 2. The zero-order valence-corrected chi connectivity index (χ0v) is 24.8. The molecule has 10 nitrogen and oxygen atoms in total. The number of carbonyl (C=O) groups is 4. The third kappa shape index (κ3) is 7.94. The van der Waals surface area contributed by atoms with Gasteiger partial charge in [-0.15, -0.1) is 0 Å². The lowest BCUT2D eigenvalue weighted by Gasteiger charge is -2.11. The van der Waals surface area contributed by atoms with Crippen LogP contribution >= 0.6 is 0 Å². The molecule has 0 unspecified atom stereocenters. The molecule has 0 saturated heterocycles. The van der Waals surface area contributed by atoms with E-state index in [-0.39, 0.29) is 11.8 Å². The van der Waals surface area contributed by atoms with Crippen molar-refractivity contribution in [2.24, 2.45) is 0 Å². The van der Waals surface area contributed by atoms with Crippen molar-refractivity contribution in [2.45, 2.75) is 0 Å². The molecule has 0 heterocycles. The topological polar surface area (TPSA) is 129 Å². The predicted octanol–water partition coefficient (Wildman–Crippen LogP) is 7.35. The molecule has 0 atom stereocenters. The lowest BCUT2D eigenvalue weighted by atomic mass is 10.1. The first kappa shape index (κ1) is 31.0. The van der Waals surface area contributed by atoms with Crippen LogP contribution in [-0.2, 0) is 9.47 Å². The normalized spacial score (nSPS) is 10.3. The number of ether oxygens (including phenoxy) is 4. The summed E-state index contributed by atoms with van der Waals surface area (Å²) in [6, 6.07) is 33.2. The fourth-order valence-electron chi connectivity index (χ4n) is 4.24. The summed E-state index contributed by atoms with van der Waals surface area (Å²) in [7, 11) is 2.60. The highest BCUT2D eigenvalue weighted by molar-refractivity contribution is 6.05. The summed E-state index contributed by atoms with van der Waals surface area (Å²) in [5.74, 6) is 0.605. The molecule has 230 valence electrons. The zero-order valence-electron chi connectivity index (χ0n) is 24.8. The molecule has 10 heteroatoms. The number of hydrogen-bond acceptors (Lipinski definition) is 8. The minimum absolute atomic E-state index is 0.322. The van der Waals surface area contributed by atoms with Gasteiger partial charge in [-0.05, 0) is 109 Å². The van der Waals surface area contributed by atoms with Crippen molar-refractivity contribution < 1.29 is 38.1 Å². The van der Waals surface area contributed by atoms with Gasteiger partial charge in [0.2, 0.25) is 0 Å². The summed E-state index contributed by atoms with van der Waals surface area (Å²) in [5, 5.41) is 5.62. The molecule has 2 N–H and O–H groups in total. The van der Waals surface area contributed by atoms with Crippen LogP contribution in [0.4, 0.5) is 11.4 Å². The van der Waals surface area contributed by atoms with Crippen molar-refractivity contribution in [3.63, 3.8) is 0 Å². The van der Waals surface area contributed by atoms with Crippen LogP contribution < -0.4 is 20.1 Å². The molecule has 0 spiro atoms. The van der Waals surface area contributed by atoms with Gasteiger partial charge in [-0.2, -0.15) is 0 Å². The smallest absolute Gasteiger partial charge is 0.337 e. The van der Waals surface area contributed by atoms with Gasteiger partial charge in [0.25, 0.3) is 11.8 Å². The minimum atomic E-state index is -0.472. The maximum Gasteiger partial charge on any atom is 0.337 e. The monoisotopic (exact) mass is 616 g/mol. The molecule has 0 fully saturated rings. The van der Waals surface area contributed by atoms with Crippen molar-refractivity contribution in [2.75, 3.05) is 24.9 Å². The first-order valence-electron chi connectivity index (χ1n) is 14.0. The van der Waals surface area contributed by atoms with Crippen molar-refractivity contribution in [3.05, 3.63) is 144 Å². The Morgan fingerprint density at radius 1 is 0.435 bits per heavy atom. The Bertz CT molecular complexity index is 1720. The quantitative estimate of drug-likeness (QED) is 0.156. The molecule has 0 bridgehead atoms. The summed E-state index contributed by atoms with van der Waals surface area (Å²) < 4.78 is 21.3. The number of benzene rings is 5. The van der Waals surface area contributed by atoms with Gasteiger partial charge in [-0.1, -0.05) is 6.07 Å². The Hall–Kier alpha value is -6.42. The van der Waals surface area contributed by atoms with Gasteiger partial charge in [0.05, 0.1) is 25.3 Å². The fourth-order valence-corrected chi connectivity index (χ4v) is 4.24. The van der Waals surface area contributed by atoms with Crippen molar-refractivity contribution in [1.82, 2.24) is 0 Å². The minimum Gasteiger partial charge on any atom is -0.465 e. The molecule has 0 saturated carbocycles. The number of carbonyl (C=O) groups excluding carboxylic acids is 4. The lowest BCUT2D eigenvalue weighted by Crippen LogP contribution is -2.12. The lowest BCUT2D eigenvalue weighted by molar-refractivity contribution is 0.0592. The molecule has 0 aliphatic heterocycles. The first-order chi connectivity index (χ1) is 22.3. The van der Waals surface area contributed by atoms with Crippen LogP contribution in [0.5, 0.6) is 23.0 Å². The second kappa shape index (κ2) is 14.4. The van der Waals surface area contributed by atoms with E-state index < -0.39 is 11.9 Å². The third-order valence-corrected chi connectivity index (χ3v) is 6.64. The van der Waals surface area contributed by atoms with E-state index in [1.807, 2.05) is 0 Å². The predicted molar refractivity (Wildman–Crippen MR) is 171 cm³/mol. The summed E-state index contributed by atoms with van der Waals surface area (Å²) >= 11 is 0. The zero-order chi connectivity index (χ0) is 32.5. The number of amides is 2. The van der Waals surface area contributed by atoms with Gasteiger partial charge in [0.1, 0.15) is 23.0 Å². The number of methoxy groups -OCH3 is 2. The van der Waals surface area contributed by atoms with E-state index >= 15 is 0 Å². The summed E-state index contributed by atoms with van der Waals surface area (Å²) in [6.07, 6.45) is 0. The molecule has 0 aliphatic carbocycles. The number of rotatable bonds is 10. The average Bonchev–Trinajstić information content (AvgIpc) is 3.09. The van der Waals surface area contributed by atoms with E-state index in [0.717, 1.165) is 0 Å². The molecular weight excluding hydrogens is 588 g/mol. The second-order valence-electron chi connectivity index (χ2n) is 9.77. The maximum atomic E-state index is 12.6. The van der Waals surface area contributed by atoms with E-state index in [4.69, 9.17) is 9.47 Å². The molecule has 46 heavy (non-hydrogen) atoms. The Balaban J connectivity index is 1.14. The van der Waals surface area contributed by atoms with E-state index in [1.165, 1.54) is 38.5 Å². The summed E-state index contributed by atoms with van der Waals surface area (Å²) in [5.41, 5.74) is 2.65. The van der Waals surface area contributed by atoms with Crippen LogP contribution in [0.25, 0.3) is 0 Å². The van der Waals surface area contributed by atoms with Gasteiger partial charge in [0.15, 0.2) is 0 Å². The van der Waals surface area contributed by atoms with Crippen LogP contribution in [0, 0.1) is 0 Å². The Kier molecular flexibility index (Phi) is 9.69. The molecule has 5 aromatic rings. The van der Waals surface area contributed by atoms with Crippen LogP contribution in [0.15, 0.2) is 121 Å². The van der Waals surface area contributed by atoms with Crippen LogP contribution in [-0.4, -0.2) is 38.0 Å². The fraction of sp³-hybridized carbons (Fsp3) is 0.0556.